The molecule has 2 heterocycles. The van der Waals surface area contributed by atoms with Crippen molar-refractivity contribution in [2.45, 2.75) is 64.4 Å². The standard InChI is InChI=1S/C29H33N5O5/c1-29(2,38-16-18-8-11-20(12-9-18)27(35)36)28-32-24-25(30)31-17-34(26(24)33-28)15-19-10-13-22(37-3)23(14-19)39-21-6-4-5-7-21/h8-14,17,21,30H,4-7,15-16H2,1-3H3,(H,32,33)(H,35,36). The van der Waals surface area contributed by atoms with Crippen LogP contribution in [-0.2, 0) is 23.5 Å². The van der Waals surface area contributed by atoms with E-state index in [2.05, 4.69) is 9.97 Å². The molecule has 39 heavy (non-hydrogen) atoms. The third-order valence-electron chi connectivity index (χ3n) is 7.07. The molecule has 1 aliphatic carbocycles. The number of carbonyl (C=O) groups is 1. The normalized spacial score (nSPS) is 14.1. The van der Waals surface area contributed by atoms with Gasteiger partial charge in [0.1, 0.15) is 16.9 Å². The molecule has 2 aromatic carbocycles. The number of rotatable bonds is 10. The first-order valence-electron chi connectivity index (χ1n) is 13.0. The Kier molecular flexibility index (Phi) is 7.38. The summed E-state index contributed by atoms with van der Waals surface area (Å²) in [5.41, 5.74) is 2.48. The van der Waals surface area contributed by atoms with Gasteiger partial charge in [-0.1, -0.05) is 18.2 Å². The van der Waals surface area contributed by atoms with Gasteiger partial charge in [-0.15, -0.1) is 0 Å². The second-order valence-electron chi connectivity index (χ2n) is 10.3. The molecule has 5 rings (SSSR count). The van der Waals surface area contributed by atoms with Crippen molar-refractivity contribution in [2.75, 3.05) is 7.11 Å². The van der Waals surface area contributed by atoms with E-state index >= 15 is 0 Å². The largest absolute Gasteiger partial charge is 0.493 e. The number of fused-ring (bicyclic) bond motifs is 1. The third kappa shape index (κ3) is 5.80. The Morgan fingerprint density at radius 1 is 1.13 bits per heavy atom. The molecule has 10 heteroatoms. The van der Waals surface area contributed by atoms with Crippen LogP contribution in [-0.4, -0.2) is 43.8 Å². The Balaban J connectivity index is 1.38. The number of hydrogen-bond acceptors (Lipinski definition) is 7. The molecule has 0 aliphatic heterocycles. The number of aromatic carboxylic acids is 1. The van der Waals surface area contributed by atoms with E-state index in [0.717, 1.165) is 29.7 Å². The van der Waals surface area contributed by atoms with Crippen molar-refractivity contribution in [2.24, 2.45) is 0 Å². The van der Waals surface area contributed by atoms with Crippen molar-refractivity contribution in [1.29, 1.82) is 5.41 Å². The number of nitrogens with one attached hydrogen (secondary N) is 2. The highest BCUT2D eigenvalue weighted by Gasteiger charge is 2.27. The van der Waals surface area contributed by atoms with E-state index in [0.29, 0.717) is 29.3 Å². The van der Waals surface area contributed by atoms with Crippen LogP contribution in [0.5, 0.6) is 11.5 Å². The van der Waals surface area contributed by atoms with Crippen molar-refractivity contribution in [3.8, 4) is 11.5 Å². The van der Waals surface area contributed by atoms with Crippen LogP contribution >= 0.6 is 0 Å². The molecule has 204 valence electrons. The van der Waals surface area contributed by atoms with E-state index in [4.69, 9.17) is 29.7 Å². The van der Waals surface area contributed by atoms with Gasteiger partial charge >= 0.3 is 5.97 Å². The highest BCUT2D eigenvalue weighted by Crippen LogP contribution is 2.33. The average molecular weight is 532 g/mol. The van der Waals surface area contributed by atoms with Gasteiger partial charge in [-0.2, -0.15) is 0 Å². The van der Waals surface area contributed by atoms with Gasteiger partial charge < -0.3 is 28.9 Å². The van der Waals surface area contributed by atoms with Crippen molar-refractivity contribution < 1.29 is 24.1 Å². The summed E-state index contributed by atoms with van der Waals surface area (Å²) in [6, 6.07) is 12.5. The summed E-state index contributed by atoms with van der Waals surface area (Å²) in [5, 5.41) is 17.4. The van der Waals surface area contributed by atoms with Crippen LogP contribution in [0.2, 0.25) is 0 Å². The minimum atomic E-state index is -0.967. The van der Waals surface area contributed by atoms with Crippen molar-refractivity contribution in [3.05, 3.63) is 76.8 Å². The van der Waals surface area contributed by atoms with Crippen LogP contribution in [0.4, 0.5) is 0 Å². The smallest absolute Gasteiger partial charge is 0.335 e. The van der Waals surface area contributed by atoms with Gasteiger partial charge in [0.25, 0.3) is 0 Å². The minimum Gasteiger partial charge on any atom is -0.493 e. The molecular formula is C29H33N5O5. The topological polar surface area (TPSA) is 135 Å². The number of carboxylic acid groups (broad SMARTS) is 1. The Hall–Kier alpha value is -4.18. The molecule has 10 nitrogen and oxygen atoms in total. The predicted molar refractivity (Wildman–Crippen MR) is 144 cm³/mol. The Morgan fingerprint density at radius 2 is 1.85 bits per heavy atom. The lowest BCUT2D eigenvalue weighted by molar-refractivity contribution is -0.0393. The minimum absolute atomic E-state index is 0.0973. The van der Waals surface area contributed by atoms with Crippen LogP contribution in [0.1, 0.15) is 66.8 Å². The van der Waals surface area contributed by atoms with Crippen molar-refractivity contribution in [1.82, 2.24) is 19.5 Å². The summed E-state index contributed by atoms with van der Waals surface area (Å²) < 4.78 is 19.9. The first-order valence-corrected chi connectivity index (χ1v) is 13.0. The van der Waals surface area contributed by atoms with Gasteiger partial charge in [-0.25, -0.2) is 14.8 Å². The summed E-state index contributed by atoms with van der Waals surface area (Å²) in [5.74, 6) is 1.04. The Labute approximate surface area is 226 Å². The van der Waals surface area contributed by atoms with E-state index in [-0.39, 0.29) is 23.8 Å². The molecular weight excluding hydrogens is 498 g/mol. The zero-order chi connectivity index (χ0) is 27.6. The maximum atomic E-state index is 11.1. The zero-order valence-corrected chi connectivity index (χ0v) is 22.4. The van der Waals surface area contributed by atoms with Gasteiger partial charge in [0.2, 0.25) is 0 Å². The van der Waals surface area contributed by atoms with Gasteiger partial charge in [0.05, 0.1) is 38.3 Å². The number of aromatic nitrogens is 4. The van der Waals surface area contributed by atoms with E-state index in [1.807, 2.05) is 36.6 Å². The van der Waals surface area contributed by atoms with Crippen LogP contribution in [0.25, 0.3) is 11.2 Å². The molecule has 3 N–H and O–H groups in total. The van der Waals surface area contributed by atoms with Gasteiger partial charge in [-0.05, 0) is 74.9 Å². The molecule has 0 amide bonds. The number of carboxylic acids is 1. The fraction of sp³-hybridized carbons (Fsp3) is 0.379. The van der Waals surface area contributed by atoms with Gasteiger partial charge in [0.15, 0.2) is 22.6 Å². The molecule has 0 radical (unpaired) electrons. The molecule has 1 fully saturated rings. The lowest BCUT2D eigenvalue weighted by Gasteiger charge is -2.23. The van der Waals surface area contributed by atoms with Crippen molar-refractivity contribution in [3.63, 3.8) is 0 Å². The highest BCUT2D eigenvalue weighted by molar-refractivity contribution is 5.87. The van der Waals surface area contributed by atoms with Gasteiger partial charge in [-0.3, -0.25) is 5.41 Å². The molecule has 0 atom stereocenters. The van der Waals surface area contributed by atoms with E-state index in [1.165, 1.54) is 12.8 Å². The predicted octanol–water partition coefficient (Wildman–Crippen LogP) is 4.77. The quantitative estimate of drug-likeness (QED) is 0.268. The summed E-state index contributed by atoms with van der Waals surface area (Å²) >= 11 is 0. The molecule has 0 unspecified atom stereocenters. The number of imidazole rings is 1. The fourth-order valence-corrected chi connectivity index (χ4v) is 4.75. The second-order valence-corrected chi connectivity index (χ2v) is 10.3. The number of hydrogen-bond donors (Lipinski definition) is 3. The molecule has 1 aliphatic rings. The first-order chi connectivity index (χ1) is 18.7. The number of aromatic amines is 1. The monoisotopic (exact) mass is 531 g/mol. The lowest BCUT2D eigenvalue weighted by atomic mass is 10.1. The average Bonchev–Trinajstić information content (AvgIpc) is 3.61. The Morgan fingerprint density at radius 3 is 2.54 bits per heavy atom. The molecule has 2 aromatic heterocycles. The van der Waals surface area contributed by atoms with Crippen molar-refractivity contribution >= 4 is 17.1 Å². The zero-order valence-electron chi connectivity index (χ0n) is 22.4. The molecule has 4 aromatic rings. The van der Waals surface area contributed by atoms with Crippen LogP contribution in [0.3, 0.4) is 0 Å². The number of ether oxygens (including phenoxy) is 3. The Bertz CT molecular complexity index is 1530. The highest BCUT2D eigenvalue weighted by atomic mass is 16.5. The first kappa shape index (κ1) is 26.4. The molecule has 1 saturated carbocycles. The second kappa shape index (κ2) is 10.9. The summed E-state index contributed by atoms with van der Waals surface area (Å²) in [6.07, 6.45) is 6.31. The number of methoxy groups -OCH3 is 1. The van der Waals surface area contributed by atoms with E-state index in [9.17, 15) is 4.79 Å². The van der Waals surface area contributed by atoms with E-state index in [1.54, 1.807) is 37.7 Å². The molecule has 0 bridgehead atoms. The maximum Gasteiger partial charge on any atom is 0.335 e. The van der Waals surface area contributed by atoms with E-state index < -0.39 is 11.6 Å². The number of nitrogens with zero attached hydrogens (tertiary/aromatic N) is 3. The number of H-pyrrole nitrogens is 1. The van der Waals surface area contributed by atoms with Gasteiger partial charge in [0, 0.05) is 0 Å². The fourth-order valence-electron chi connectivity index (χ4n) is 4.75. The van der Waals surface area contributed by atoms with Crippen LogP contribution in [0.15, 0.2) is 48.8 Å². The third-order valence-corrected chi connectivity index (χ3v) is 7.07. The molecule has 0 spiro atoms. The summed E-state index contributed by atoms with van der Waals surface area (Å²) in [6.45, 7) is 4.55. The van der Waals surface area contributed by atoms with Crippen LogP contribution < -0.4 is 15.0 Å². The summed E-state index contributed by atoms with van der Waals surface area (Å²) in [7, 11) is 1.64. The SMILES string of the molecule is COc1ccc(Cn2cnc(=N)c3[nH]c(C(C)(C)OCc4ccc(C(=O)O)cc4)nc32)cc1OC1CCCC1. The lowest BCUT2D eigenvalue weighted by Crippen LogP contribution is -2.23. The molecule has 0 saturated heterocycles. The number of benzene rings is 2. The summed E-state index contributed by atoms with van der Waals surface area (Å²) in [4.78, 5) is 23.4. The maximum absolute atomic E-state index is 11.1. The van der Waals surface area contributed by atoms with Crippen LogP contribution in [0, 0.1) is 5.41 Å².